The van der Waals surface area contributed by atoms with Gasteiger partial charge in [-0.1, -0.05) is 43.1 Å². The molecular formula is C27H27ClN4O4S. The molecule has 4 aromatic rings. The Balaban J connectivity index is 1.78. The SMILES string of the molecule is CCCCc1c(C(=O)N(C)Cc2ccc3ncccc3c2)[nH]c(C(N)=O)c1S(=O)(=O)c1cccc(Cl)c1. The lowest BCUT2D eigenvalue weighted by molar-refractivity contribution is 0.0778. The third kappa shape index (κ3) is 5.38. The van der Waals surface area contributed by atoms with Crippen molar-refractivity contribution in [2.45, 2.75) is 42.5 Å². The Morgan fingerprint density at radius 1 is 1.08 bits per heavy atom. The molecule has 0 aliphatic rings. The van der Waals surface area contributed by atoms with Gasteiger partial charge in [-0.05, 0) is 54.8 Å². The topological polar surface area (TPSA) is 126 Å². The average Bonchev–Trinajstić information content (AvgIpc) is 3.27. The molecule has 37 heavy (non-hydrogen) atoms. The van der Waals surface area contributed by atoms with Crippen LogP contribution in [0.25, 0.3) is 10.9 Å². The summed E-state index contributed by atoms with van der Waals surface area (Å²) in [4.78, 5) is 34.2. The number of pyridine rings is 1. The van der Waals surface area contributed by atoms with Crippen LogP contribution >= 0.6 is 11.6 Å². The molecule has 10 heteroatoms. The number of hydrogen-bond donors (Lipinski definition) is 2. The van der Waals surface area contributed by atoms with Crippen LogP contribution < -0.4 is 5.73 Å². The van der Waals surface area contributed by atoms with Gasteiger partial charge in [0.25, 0.3) is 11.8 Å². The molecule has 0 aliphatic carbocycles. The zero-order valence-corrected chi connectivity index (χ0v) is 22.1. The third-order valence-electron chi connectivity index (χ3n) is 6.10. The summed E-state index contributed by atoms with van der Waals surface area (Å²) in [5, 5.41) is 1.17. The molecule has 0 atom stereocenters. The number of aromatic amines is 1. The Labute approximate surface area is 220 Å². The molecule has 2 aromatic carbocycles. The van der Waals surface area contributed by atoms with E-state index in [0.29, 0.717) is 6.42 Å². The highest BCUT2D eigenvalue weighted by molar-refractivity contribution is 7.91. The number of aromatic nitrogens is 2. The van der Waals surface area contributed by atoms with Gasteiger partial charge in [-0.3, -0.25) is 14.6 Å². The van der Waals surface area contributed by atoms with Crippen molar-refractivity contribution in [3.8, 4) is 0 Å². The molecule has 0 saturated carbocycles. The minimum atomic E-state index is -4.21. The fourth-order valence-electron chi connectivity index (χ4n) is 4.28. The van der Waals surface area contributed by atoms with Gasteiger partial charge >= 0.3 is 0 Å². The predicted octanol–water partition coefficient (Wildman–Crippen LogP) is 4.76. The molecule has 2 heterocycles. The highest BCUT2D eigenvalue weighted by Gasteiger charge is 2.34. The second-order valence-electron chi connectivity index (χ2n) is 8.80. The number of carbonyl (C=O) groups excluding carboxylic acids is 2. The first-order valence-corrected chi connectivity index (χ1v) is 13.6. The van der Waals surface area contributed by atoms with Crippen LogP contribution in [0.5, 0.6) is 0 Å². The molecule has 0 bridgehead atoms. The van der Waals surface area contributed by atoms with E-state index >= 15 is 0 Å². The van der Waals surface area contributed by atoms with Crippen molar-refractivity contribution in [1.82, 2.24) is 14.9 Å². The predicted molar refractivity (Wildman–Crippen MR) is 142 cm³/mol. The lowest BCUT2D eigenvalue weighted by Crippen LogP contribution is -2.27. The number of carbonyl (C=O) groups is 2. The zero-order chi connectivity index (χ0) is 26.7. The van der Waals surface area contributed by atoms with Crippen molar-refractivity contribution in [2.75, 3.05) is 7.05 Å². The molecule has 0 unspecified atom stereocenters. The van der Waals surface area contributed by atoms with Gasteiger partial charge in [-0.15, -0.1) is 0 Å². The highest BCUT2D eigenvalue weighted by Crippen LogP contribution is 2.33. The lowest BCUT2D eigenvalue weighted by Gasteiger charge is -2.18. The number of unbranched alkanes of at least 4 members (excludes halogenated alkanes) is 1. The molecule has 0 saturated heterocycles. The summed E-state index contributed by atoms with van der Waals surface area (Å²) in [6.45, 7) is 2.22. The van der Waals surface area contributed by atoms with E-state index in [9.17, 15) is 18.0 Å². The van der Waals surface area contributed by atoms with E-state index in [1.54, 1.807) is 19.3 Å². The van der Waals surface area contributed by atoms with Gasteiger partial charge in [0.05, 0.1) is 10.4 Å². The van der Waals surface area contributed by atoms with E-state index in [1.807, 2.05) is 37.3 Å². The molecule has 4 rings (SSSR count). The van der Waals surface area contributed by atoms with Gasteiger partial charge in [0.1, 0.15) is 16.3 Å². The number of hydrogen-bond acceptors (Lipinski definition) is 5. The second-order valence-corrected chi connectivity index (χ2v) is 11.1. The number of halogens is 1. The van der Waals surface area contributed by atoms with E-state index in [0.717, 1.165) is 22.9 Å². The Morgan fingerprint density at radius 2 is 1.86 bits per heavy atom. The number of benzene rings is 2. The van der Waals surface area contributed by atoms with Crippen LogP contribution in [0.1, 0.15) is 51.9 Å². The van der Waals surface area contributed by atoms with E-state index in [-0.39, 0.29) is 44.7 Å². The number of rotatable bonds is 9. The van der Waals surface area contributed by atoms with Crippen LogP contribution in [0, 0.1) is 0 Å². The van der Waals surface area contributed by atoms with Crippen LogP contribution in [-0.4, -0.2) is 42.1 Å². The van der Waals surface area contributed by atoms with Crippen molar-refractivity contribution < 1.29 is 18.0 Å². The van der Waals surface area contributed by atoms with Crippen LogP contribution in [0.3, 0.4) is 0 Å². The van der Waals surface area contributed by atoms with Gasteiger partial charge in [0, 0.05) is 35.8 Å². The van der Waals surface area contributed by atoms with E-state index in [4.69, 9.17) is 17.3 Å². The van der Waals surface area contributed by atoms with Gasteiger partial charge in [0.2, 0.25) is 9.84 Å². The summed E-state index contributed by atoms with van der Waals surface area (Å²) in [6.07, 6.45) is 3.34. The average molecular weight is 539 g/mol. The first kappa shape index (κ1) is 26.4. The molecule has 192 valence electrons. The van der Waals surface area contributed by atoms with E-state index in [1.165, 1.54) is 23.1 Å². The monoisotopic (exact) mass is 538 g/mol. The van der Waals surface area contributed by atoms with Crippen LogP contribution in [-0.2, 0) is 22.8 Å². The number of fused-ring (bicyclic) bond motifs is 1. The van der Waals surface area contributed by atoms with Crippen molar-refractivity contribution in [3.05, 3.63) is 88.3 Å². The fourth-order valence-corrected chi connectivity index (χ4v) is 6.26. The van der Waals surface area contributed by atoms with E-state index in [2.05, 4.69) is 9.97 Å². The van der Waals surface area contributed by atoms with Gasteiger partial charge in [-0.2, -0.15) is 0 Å². The highest BCUT2D eigenvalue weighted by atomic mass is 35.5. The Hall–Kier alpha value is -3.69. The van der Waals surface area contributed by atoms with Crippen LogP contribution in [0.4, 0.5) is 0 Å². The largest absolute Gasteiger partial charge is 0.364 e. The van der Waals surface area contributed by atoms with Crippen molar-refractivity contribution >= 4 is 44.2 Å². The number of nitrogens with one attached hydrogen (secondary N) is 1. The van der Waals surface area contributed by atoms with E-state index < -0.39 is 21.7 Å². The maximum atomic E-state index is 13.7. The summed E-state index contributed by atoms with van der Waals surface area (Å²) < 4.78 is 27.4. The quantitative estimate of drug-likeness (QED) is 0.317. The Bertz CT molecular complexity index is 1600. The standard InChI is InChI=1S/C27H27ClN4O4S/c1-3-4-10-21-23(27(34)32(2)16-17-11-12-22-18(14-17)7-6-13-30-22)31-24(26(29)33)25(21)37(35,36)20-9-5-8-19(28)15-20/h5-9,11-15,31H,3-4,10,16H2,1-2H3,(H2,29,33). The number of primary amides is 1. The van der Waals surface area contributed by atoms with Crippen LogP contribution in [0.2, 0.25) is 5.02 Å². The number of nitrogens with zero attached hydrogens (tertiary/aromatic N) is 2. The van der Waals surface area contributed by atoms with Gasteiger partial charge in [0.15, 0.2) is 0 Å². The summed E-state index contributed by atoms with van der Waals surface area (Å²) >= 11 is 6.05. The number of sulfone groups is 1. The second kappa shape index (κ2) is 10.7. The van der Waals surface area contributed by atoms with Gasteiger partial charge in [-0.25, -0.2) is 8.42 Å². The van der Waals surface area contributed by atoms with Crippen LogP contribution in [0.15, 0.2) is 70.6 Å². The summed E-state index contributed by atoms with van der Waals surface area (Å²) in [7, 11) is -2.59. The number of nitrogens with two attached hydrogens (primary N) is 1. The molecule has 0 radical (unpaired) electrons. The molecule has 2 amide bonds. The summed E-state index contributed by atoms with van der Waals surface area (Å²) in [5.74, 6) is -1.42. The normalized spacial score (nSPS) is 11.5. The molecular weight excluding hydrogens is 512 g/mol. The first-order chi connectivity index (χ1) is 17.6. The molecule has 0 fully saturated rings. The fraction of sp³-hybridized carbons (Fsp3) is 0.222. The minimum absolute atomic E-state index is 0.0350. The first-order valence-electron chi connectivity index (χ1n) is 11.8. The maximum absolute atomic E-state index is 13.7. The lowest BCUT2D eigenvalue weighted by atomic mass is 10.1. The summed E-state index contributed by atoms with van der Waals surface area (Å²) in [6, 6.07) is 15.3. The third-order valence-corrected chi connectivity index (χ3v) is 8.20. The maximum Gasteiger partial charge on any atom is 0.270 e. The molecule has 0 spiro atoms. The number of amides is 2. The molecule has 0 aliphatic heterocycles. The molecule has 2 aromatic heterocycles. The smallest absolute Gasteiger partial charge is 0.270 e. The molecule has 3 N–H and O–H groups in total. The van der Waals surface area contributed by atoms with Crippen molar-refractivity contribution in [2.24, 2.45) is 5.73 Å². The van der Waals surface area contributed by atoms with Crippen molar-refractivity contribution in [3.63, 3.8) is 0 Å². The van der Waals surface area contributed by atoms with Gasteiger partial charge < -0.3 is 15.6 Å². The Morgan fingerprint density at radius 3 is 2.57 bits per heavy atom. The van der Waals surface area contributed by atoms with Crippen molar-refractivity contribution in [1.29, 1.82) is 0 Å². The summed E-state index contributed by atoms with van der Waals surface area (Å²) in [5.41, 5.74) is 7.27. The Kier molecular flexibility index (Phi) is 7.65. The minimum Gasteiger partial charge on any atom is -0.364 e. The zero-order valence-electron chi connectivity index (χ0n) is 20.5. The molecule has 8 nitrogen and oxygen atoms in total. The number of H-pyrrole nitrogens is 1.